The lowest BCUT2D eigenvalue weighted by atomic mass is 10.2. The van der Waals surface area contributed by atoms with Gasteiger partial charge in [0.2, 0.25) is 5.91 Å². The van der Waals surface area contributed by atoms with Gasteiger partial charge in [0.1, 0.15) is 17.0 Å². The Morgan fingerprint density at radius 2 is 1.54 bits per heavy atom. The van der Waals surface area contributed by atoms with Crippen LogP contribution in [0.25, 0.3) is 0 Å². The first kappa shape index (κ1) is 16.9. The summed E-state index contributed by atoms with van der Waals surface area (Å²) in [5.74, 6) is -1.31. The zero-order valence-electron chi connectivity index (χ0n) is 12.1. The molecule has 24 heavy (non-hydrogen) atoms. The van der Waals surface area contributed by atoms with Gasteiger partial charge in [-0.05, 0) is 42.0 Å². The van der Waals surface area contributed by atoms with Crippen molar-refractivity contribution in [3.05, 3.63) is 65.7 Å². The molecule has 0 saturated carbocycles. The third kappa shape index (κ3) is 3.42. The van der Waals surface area contributed by atoms with Crippen molar-refractivity contribution in [3.8, 4) is 0 Å². The highest BCUT2D eigenvalue weighted by atomic mass is 32.2. The number of hydrogen-bond donors (Lipinski definition) is 1. The van der Waals surface area contributed by atoms with E-state index in [4.69, 9.17) is 0 Å². The number of benzene rings is 2. The van der Waals surface area contributed by atoms with Gasteiger partial charge < -0.3 is 0 Å². The van der Waals surface area contributed by atoms with E-state index in [1.165, 1.54) is 36.0 Å². The summed E-state index contributed by atoms with van der Waals surface area (Å²) in [5, 5.41) is 0.393. The Balaban J connectivity index is 1.87. The van der Waals surface area contributed by atoms with E-state index >= 15 is 0 Å². The Hall–Kier alpha value is -1.97. The molecule has 126 valence electrons. The molecule has 1 aliphatic rings. The summed E-state index contributed by atoms with van der Waals surface area (Å²) in [7, 11) is -4.04. The second-order valence-corrected chi connectivity index (χ2v) is 7.76. The molecule has 5 nitrogen and oxygen atoms in total. The quantitative estimate of drug-likeness (QED) is 0.898. The molecule has 0 bridgehead atoms. The SMILES string of the molecule is O=C1CSC(c2ccc(F)cc2)N1NS(=O)(=O)c1ccc(F)cc1. The van der Waals surface area contributed by atoms with Gasteiger partial charge in [-0.3, -0.25) is 4.79 Å². The van der Waals surface area contributed by atoms with Crippen LogP contribution in [0.5, 0.6) is 0 Å². The number of hydrogen-bond acceptors (Lipinski definition) is 4. The second kappa shape index (κ2) is 6.50. The zero-order valence-corrected chi connectivity index (χ0v) is 13.8. The molecule has 1 fully saturated rings. The van der Waals surface area contributed by atoms with Crippen molar-refractivity contribution >= 4 is 27.7 Å². The number of hydrazine groups is 1. The van der Waals surface area contributed by atoms with Gasteiger partial charge in [0.25, 0.3) is 10.0 Å². The maximum absolute atomic E-state index is 13.0. The second-order valence-electron chi connectivity index (χ2n) is 5.03. The third-order valence-corrected chi connectivity index (χ3v) is 5.91. The van der Waals surface area contributed by atoms with Crippen molar-refractivity contribution < 1.29 is 22.0 Å². The van der Waals surface area contributed by atoms with Gasteiger partial charge in [-0.25, -0.2) is 22.2 Å². The average molecular weight is 370 g/mol. The summed E-state index contributed by atoms with van der Waals surface area (Å²) in [6, 6.07) is 9.72. The highest BCUT2D eigenvalue weighted by Crippen LogP contribution is 2.37. The van der Waals surface area contributed by atoms with Gasteiger partial charge in [-0.1, -0.05) is 12.1 Å². The smallest absolute Gasteiger partial charge is 0.257 e. The molecule has 3 rings (SSSR count). The molecular weight excluding hydrogens is 358 g/mol. The largest absolute Gasteiger partial charge is 0.272 e. The Morgan fingerprint density at radius 1 is 1.00 bits per heavy atom. The topological polar surface area (TPSA) is 66.5 Å². The predicted molar refractivity (Wildman–Crippen MR) is 85.2 cm³/mol. The maximum Gasteiger partial charge on any atom is 0.257 e. The van der Waals surface area contributed by atoms with Crippen molar-refractivity contribution in [2.75, 3.05) is 5.75 Å². The van der Waals surface area contributed by atoms with Gasteiger partial charge >= 0.3 is 0 Å². The summed E-state index contributed by atoms with van der Waals surface area (Å²) in [4.78, 5) is 14.1. The fourth-order valence-electron chi connectivity index (χ4n) is 2.19. The molecule has 1 unspecified atom stereocenters. The number of carbonyl (C=O) groups is 1. The molecule has 2 aromatic carbocycles. The minimum absolute atomic E-state index is 0.0913. The molecule has 1 saturated heterocycles. The Bertz CT molecular complexity index is 855. The summed E-state index contributed by atoms with van der Waals surface area (Å²) >= 11 is 1.22. The van der Waals surface area contributed by atoms with Crippen LogP contribution in [-0.2, 0) is 14.8 Å². The summed E-state index contributed by atoms with van der Waals surface area (Å²) < 4.78 is 50.7. The number of carbonyl (C=O) groups excluding carboxylic acids is 1. The normalized spacial score (nSPS) is 18.2. The van der Waals surface area contributed by atoms with E-state index < -0.39 is 32.9 Å². The van der Waals surface area contributed by atoms with Crippen LogP contribution in [0.15, 0.2) is 53.4 Å². The van der Waals surface area contributed by atoms with Crippen LogP contribution in [0.3, 0.4) is 0 Å². The van der Waals surface area contributed by atoms with Gasteiger partial charge in [0.05, 0.1) is 10.6 Å². The van der Waals surface area contributed by atoms with Crippen molar-refractivity contribution in [3.63, 3.8) is 0 Å². The van der Waals surface area contributed by atoms with Crippen LogP contribution in [0.2, 0.25) is 0 Å². The first-order chi connectivity index (χ1) is 11.4. The van der Waals surface area contributed by atoms with E-state index in [1.54, 1.807) is 0 Å². The predicted octanol–water partition coefficient (Wildman–Crippen LogP) is 2.43. The van der Waals surface area contributed by atoms with Crippen LogP contribution >= 0.6 is 11.8 Å². The fraction of sp³-hybridized carbons (Fsp3) is 0.133. The van der Waals surface area contributed by atoms with E-state index in [2.05, 4.69) is 4.83 Å². The molecule has 1 heterocycles. The summed E-state index contributed by atoms with van der Waals surface area (Å²) in [5.41, 5.74) is 0.592. The lowest BCUT2D eigenvalue weighted by Gasteiger charge is -2.24. The molecule has 0 aliphatic carbocycles. The number of sulfonamides is 1. The molecule has 1 aliphatic heterocycles. The number of halogens is 2. The van der Waals surface area contributed by atoms with Gasteiger partial charge in [0.15, 0.2) is 0 Å². The van der Waals surface area contributed by atoms with E-state index in [0.717, 1.165) is 29.3 Å². The molecule has 1 N–H and O–H groups in total. The highest BCUT2D eigenvalue weighted by Gasteiger charge is 2.36. The highest BCUT2D eigenvalue weighted by molar-refractivity contribution is 8.00. The number of thioether (sulfide) groups is 1. The minimum atomic E-state index is -4.04. The third-order valence-electron chi connectivity index (χ3n) is 3.37. The van der Waals surface area contributed by atoms with Crippen molar-refractivity contribution in [2.45, 2.75) is 10.3 Å². The number of rotatable bonds is 4. The lowest BCUT2D eigenvalue weighted by Crippen LogP contribution is -2.44. The fourth-order valence-corrected chi connectivity index (χ4v) is 4.43. The van der Waals surface area contributed by atoms with Gasteiger partial charge in [0, 0.05) is 0 Å². The molecule has 9 heteroatoms. The molecular formula is C15H12F2N2O3S2. The van der Waals surface area contributed by atoms with E-state index in [-0.39, 0.29) is 10.6 Å². The molecule has 1 amide bonds. The first-order valence-corrected chi connectivity index (χ1v) is 9.37. The van der Waals surface area contributed by atoms with Gasteiger partial charge in [-0.2, -0.15) is 0 Å². The number of nitrogens with zero attached hydrogens (tertiary/aromatic N) is 1. The van der Waals surface area contributed by atoms with Crippen LogP contribution < -0.4 is 4.83 Å². The molecule has 0 radical (unpaired) electrons. The van der Waals surface area contributed by atoms with E-state index in [1.807, 2.05) is 0 Å². The molecule has 2 aromatic rings. The van der Waals surface area contributed by atoms with Crippen molar-refractivity contribution in [1.82, 2.24) is 9.84 Å². The van der Waals surface area contributed by atoms with Crippen molar-refractivity contribution in [2.24, 2.45) is 0 Å². The standard InChI is InChI=1S/C15H12F2N2O3S2/c16-11-3-1-10(2-4-11)15-19(14(20)9-23-15)18-24(21,22)13-7-5-12(17)6-8-13/h1-8,15,18H,9H2. The Morgan fingerprint density at radius 3 is 2.12 bits per heavy atom. The lowest BCUT2D eigenvalue weighted by molar-refractivity contribution is -0.129. The summed E-state index contributed by atoms with van der Waals surface area (Å²) in [6.45, 7) is 0. The average Bonchev–Trinajstić information content (AvgIpc) is 2.89. The molecule has 0 aromatic heterocycles. The minimum Gasteiger partial charge on any atom is -0.272 e. The van der Waals surface area contributed by atoms with Crippen molar-refractivity contribution in [1.29, 1.82) is 0 Å². The maximum atomic E-state index is 13.0. The van der Waals surface area contributed by atoms with Crippen LogP contribution in [0.4, 0.5) is 8.78 Å². The number of amides is 1. The first-order valence-electron chi connectivity index (χ1n) is 6.84. The zero-order chi connectivity index (χ0) is 17.3. The van der Waals surface area contributed by atoms with Crippen LogP contribution in [0, 0.1) is 11.6 Å². The molecule has 1 atom stereocenters. The van der Waals surface area contributed by atoms with Crippen LogP contribution in [-0.4, -0.2) is 25.1 Å². The molecule has 0 spiro atoms. The van der Waals surface area contributed by atoms with Crippen LogP contribution in [0.1, 0.15) is 10.9 Å². The number of nitrogens with one attached hydrogen (secondary N) is 1. The summed E-state index contributed by atoms with van der Waals surface area (Å²) in [6.07, 6.45) is 0. The monoisotopic (exact) mass is 370 g/mol. The Labute approximate surface area is 141 Å². The van der Waals surface area contributed by atoms with Gasteiger partial charge in [-0.15, -0.1) is 16.6 Å². The van der Waals surface area contributed by atoms with E-state index in [0.29, 0.717) is 5.56 Å². The Kier molecular flexibility index (Phi) is 4.57. The van der Waals surface area contributed by atoms with E-state index in [9.17, 15) is 22.0 Å².